The van der Waals surface area contributed by atoms with Crippen LogP contribution in [0.5, 0.6) is 0 Å². The number of hydrogen-bond acceptors (Lipinski definition) is 5. The predicted octanol–water partition coefficient (Wildman–Crippen LogP) is 3.14. The Balaban J connectivity index is 1.57. The van der Waals surface area contributed by atoms with Gasteiger partial charge >= 0.3 is 0 Å². The number of likely N-dealkylation sites (tertiary alicyclic amines) is 1. The lowest BCUT2D eigenvalue weighted by Crippen LogP contribution is -2.45. The van der Waals surface area contributed by atoms with Gasteiger partial charge in [-0.25, -0.2) is 9.97 Å². The second-order valence-electron chi connectivity index (χ2n) is 8.00. The molecule has 1 aliphatic carbocycles. The molecule has 1 aliphatic heterocycles. The number of aliphatic hydroxyl groups excluding tert-OH is 1. The summed E-state index contributed by atoms with van der Waals surface area (Å²) in [5.41, 5.74) is 1.16. The van der Waals surface area contributed by atoms with E-state index >= 15 is 0 Å². The molecule has 25 heavy (non-hydrogen) atoms. The normalized spacial score (nSPS) is 26.0. The molecule has 2 aliphatic rings. The summed E-state index contributed by atoms with van der Waals surface area (Å²) in [6.45, 7) is 3.84. The Morgan fingerprint density at radius 2 is 1.96 bits per heavy atom. The zero-order valence-electron chi connectivity index (χ0n) is 15.6. The Hall–Kier alpha value is -1.04. The number of aromatic nitrogens is 2. The van der Waals surface area contributed by atoms with E-state index in [1.807, 2.05) is 12.4 Å². The van der Waals surface area contributed by atoms with Crippen LogP contribution >= 0.6 is 0 Å². The van der Waals surface area contributed by atoms with Crippen molar-refractivity contribution in [2.45, 2.75) is 63.8 Å². The number of nitrogens with zero attached hydrogens (tertiary/aromatic N) is 3. The molecule has 5 nitrogen and oxygen atoms in total. The number of aliphatic hydroxyl groups is 1. The summed E-state index contributed by atoms with van der Waals surface area (Å²) in [5.74, 6) is 1.60. The van der Waals surface area contributed by atoms with Crippen LogP contribution in [0.1, 0.15) is 68.7 Å². The van der Waals surface area contributed by atoms with Crippen LogP contribution < -0.4 is 0 Å². The summed E-state index contributed by atoms with van der Waals surface area (Å²) in [7, 11) is 1.73. The van der Waals surface area contributed by atoms with E-state index in [-0.39, 0.29) is 12.0 Å². The maximum atomic E-state index is 9.93. The lowest BCUT2D eigenvalue weighted by molar-refractivity contribution is 0.00469. The van der Waals surface area contributed by atoms with Crippen LogP contribution in [-0.2, 0) is 11.3 Å². The first-order chi connectivity index (χ1) is 12.2. The SMILES string of the molecule is COCC[C@@]1(CO)CCCN(Cc2cnc(C3CCCCC3)nc2)C1. The van der Waals surface area contributed by atoms with Crippen LogP contribution in [0, 0.1) is 5.41 Å². The van der Waals surface area contributed by atoms with E-state index in [2.05, 4.69) is 14.9 Å². The minimum atomic E-state index is -0.0167. The van der Waals surface area contributed by atoms with Crippen LogP contribution in [0.4, 0.5) is 0 Å². The smallest absolute Gasteiger partial charge is 0.131 e. The number of hydrogen-bond donors (Lipinski definition) is 1. The molecule has 2 heterocycles. The van der Waals surface area contributed by atoms with Gasteiger partial charge in [-0.2, -0.15) is 0 Å². The first kappa shape index (κ1) is 18.7. The van der Waals surface area contributed by atoms with Gasteiger partial charge in [0.05, 0.1) is 6.61 Å². The highest BCUT2D eigenvalue weighted by Gasteiger charge is 2.34. The van der Waals surface area contributed by atoms with Crippen molar-refractivity contribution < 1.29 is 9.84 Å². The van der Waals surface area contributed by atoms with Gasteiger partial charge in [0.2, 0.25) is 0 Å². The largest absolute Gasteiger partial charge is 0.396 e. The molecule has 0 aromatic carbocycles. The van der Waals surface area contributed by atoms with Gasteiger partial charge in [0.25, 0.3) is 0 Å². The average Bonchev–Trinajstić information content (AvgIpc) is 2.68. The van der Waals surface area contributed by atoms with Crippen molar-refractivity contribution in [1.29, 1.82) is 0 Å². The van der Waals surface area contributed by atoms with E-state index in [1.165, 1.54) is 37.7 Å². The van der Waals surface area contributed by atoms with Gasteiger partial charge < -0.3 is 9.84 Å². The lowest BCUT2D eigenvalue weighted by Gasteiger charge is -2.41. The van der Waals surface area contributed by atoms with Gasteiger partial charge in [0.1, 0.15) is 5.82 Å². The second-order valence-corrected chi connectivity index (χ2v) is 8.00. The second kappa shape index (κ2) is 9.06. The minimum Gasteiger partial charge on any atom is -0.396 e. The molecule has 0 spiro atoms. The third-order valence-electron chi connectivity index (χ3n) is 6.01. The molecule has 140 valence electrons. The predicted molar refractivity (Wildman–Crippen MR) is 98.4 cm³/mol. The fourth-order valence-corrected chi connectivity index (χ4v) is 4.45. The summed E-state index contributed by atoms with van der Waals surface area (Å²) < 4.78 is 5.25. The Labute approximate surface area is 151 Å². The fourth-order valence-electron chi connectivity index (χ4n) is 4.45. The maximum Gasteiger partial charge on any atom is 0.131 e. The Kier molecular flexibility index (Phi) is 6.79. The third-order valence-corrected chi connectivity index (χ3v) is 6.01. The standard InChI is InChI=1S/C20H33N3O2/c1-25-11-9-20(16-24)8-5-10-23(15-20)14-17-12-21-19(22-13-17)18-6-3-2-4-7-18/h12-13,18,24H,2-11,14-16H2,1H3/t20-/m0/s1. The highest BCUT2D eigenvalue weighted by Crippen LogP contribution is 2.34. The molecule has 1 atom stereocenters. The lowest BCUT2D eigenvalue weighted by atomic mass is 9.78. The van der Waals surface area contributed by atoms with Crippen molar-refractivity contribution in [1.82, 2.24) is 14.9 Å². The van der Waals surface area contributed by atoms with Crippen LogP contribution in [0.2, 0.25) is 0 Å². The maximum absolute atomic E-state index is 9.93. The molecular weight excluding hydrogens is 314 g/mol. The van der Waals surface area contributed by atoms with Gasteiger partial charge in [-0.15, -0.1) is 0 Å². The minimum absolute atomic E-state index is 0.0167. The summed E-state index contributed by atoms with van der Waals surface area (Å²) in [6.07, 6.45) is 13.6. The first-order valence-electron chi connectivity index (χ1n) is 9.88. The topological polar surface area (TPSA) is 58.5 Å². The van der Waals surface area contributed by atoms with Crippen molar-refractivity contribution in [3.8, 4) is 0 Å². The molecule has 1 saturated heterocycles. The van der Waals surface area contributed by atoms with E-state index in [0.717, 1.165) is 44.7 Å². The Morgan fingerprint density at radius 1 is 1.20 bits per heavy atom. The summed E-state index contributed by atoms with van der Waals surface area (Å²) in [6, 6.07) is 0. The van der Waals surface area contributed by atoms with Gasteiger partial charge in [-0.1, -0.05) is 19.3 Å². The van der Waals surface area contributed by atoms with E-state index in [4.69, 9.17) is 4.74 Å². The average molecular weight is 348 g/mol. The Morgan fingerprint density at radius 3 is 2.64 bits per heavy atom. The highest BCUT2D eigenvalue weighted by atomic mass is 16.5. The summed E-state index contributed by atoms with van der Waals surface area (Å²) in [5, 5.41) is 9.93. The number of piperidine rings is 1. The van der Waals surface area contributed by atoms with Crippen LogP contribution in [0.3, 0.4) is 0 Å². The van der Waals surface area contributed by atoms with Crippen molar-refractivity contribution in [2.24, 2.45) is 5.41 Å². The van der Waals surface area contributed by atoms with E-state index in [1.54, 1.807) is 7.11 Å². The van der Waals surface area contributed by atoms with Crippen molar-refractivity contribution in [2.75, 3.05) is 33.4 Å². The number of rotatable bonds is 7. The van der Waals surface area contributed by atoms with E-state index in [0.29, 0.717) is 12.5 Å². The van der Waals surface area contributed by atoms with E-state index < -0.39 is 0 Å². The van der Waals surface area contributed by atoms with E-state index in [9.17, 15) is 5.11 Å². The van der Waals surface area contributed by atoms with Gasteiger partial charge in [0.15, 0.2) is 0 Å². The molecule has 1 aromatic rings. The van der Waals surface area contributed by atoms with Crippen molar-refractivity contribution in [3.63, 3.8) is 0 Å². The van der Waals surface area contributed by atoms with Crippen LogP contribution in [0.15, 0.2) is 12.4 Å². The fraction of sp³-hybridized carbons (Fsp3) is 0.800. The zero-order chi connectivity index (χ0) is 17.5. The molecule has 5 heteroatoms. The molecule has 0 amide bonds. The first-order valence-corrected chi connectivity index (χ1v) is 9.88. The molecular formula is C20H33N3O2. The van der Waals surface area contributed by atoms with Crippen LogP contribution in [0.25, 0.3) is 0 Å². The molecule has 1 saturated carbocycles. The summed E-state index contributed by atoms with van der Waals surface area (Å²) >= 11 is 0. The molecule has 3 rings (SSSR count). The summed E-state index contributed by atoms with van der Waals surface area (Å²) in [4.78, 5) is 11.8. The van der Waals surface area contributed by atoms with Crippen LogP contribution in [-0.4, -0.2) is 53.4 Å². The zero-order valence-corrected chi connectivity index (χ0v) is 15.6. The van der Waals surface area contributed by atoms with Gasteiger partial charge in [-0.05, 0) is 38.6 Å². The molecule has 0 unspecified atom stereocenters. The van der Waals surface area contributed by atoms with Gasteiger partial charge in [0, 0.05) is 56.1 Å². The number of ether oxygens (including phenoxy) is 1. The molecule has 0 radical (unpaired) electrons. The van der Waals surface area contributed by atoms with Crippen molar-refractivity contribution in [3.05, 3.63) is 23.8 Å². The molecule has 1 N–H and O–H groups in total. The Bertz CT molecular complexity index is 516. The quantitative estimate of drug-likeness (QED) is 0.821. The third kappa shape index (κ3) is 4.99. The van der Waals surface area contributed by atoms with Crippen molar-refractivity contribution >= 4 is 0 Å². The highest BCUT2D eigenvalue weighted by molar-refractivity contribution is 5.08. The van der Waals surface area contributed by atoms with Gasteiger partial charge in [-0.3, -0.25) is 4.90 Å². The number of methoxy groups -OCH3 is 1. The molecule has 0 bridgehead atoms. The molecule has 2 fully saturated rings. The monoisotopic (exact) mass is 347 g/mol. The molecule has 1 aromatic heterocycles.